The van der Waals surface area contributed by atoms with Crippen LogP contribution in [-0.4, -0.2) is 54.4 Å². The van der Waals surface area contributed by atoms with Crippen molar-refractivity contribution in [3.05, 3.63) is 52.4 Å². The molecule has 27 heavy (non-hydrogen) atoms. The number of amides is 2. The molecule has 0 spiro atoms. The molecule has 0 saturated carbocycles. The maximum atomic E-state index is 12.5. The van der Waals surface area contributed by atoms with Gasteiger partial charge in [-0.25, -0.2) is 0 Å². The van der Waals surface area contributed by atoms with Gasteiger partial charge in [0.25, 0.3) is 11.8 Å². The van der Waals surface area contributed by atoms with Crippen LogP contribution in [0.25, 0.3) is 0 Å². The molecule has 0 unspecified atom stereocenters. The fraction of sp³-hybridized carbons (Fsp3) is 0.400. The molecule has 1 aliphatic heterocycles. The van der Waals surface area contributed by atoms with Gasteiger partial charge < -0.3 is 19.0 Å². The first-order chi connectivity index (χ1) is 13.0. The van der Waals surface area contributed by atoms with Crippen molar-refractivity contribution >= 4 is 23.4 Å². The number of nitrogens with zero attached hydrogens (tertiary/aromatic N) is 2. The zero-order chi connectivity index (χ0) is 19.4. The number of aryl methyl sites for hydroxylation is 2. The fourth-order valence-electron chi connectivity index (χ4n) is 3.15. The first-order valence-electron chi connectivity index (χ1n) is 8.96. The molecule has 0 atom stereocenters. The van der Waals surface area contributed by atoms with Crippen LogP contribution in [-0.2, 0) is 4.79 Å². The van der Waals surface area contributed by atoms with Gasteiger partial charge in [0.05, 0.1) is 6.26 Å². The van der Waals surface area contributed by atoms with Crippen LogP contribution in [0.3, 0.4) is 0 Å². The molecule has 1 fully saturated rings. The van der Waals surface area contributed by atoms with E-state index in [0.29, 0.717) is 42.7 Å². The number of hydrogen-bond donors (Lipinski definition) is 0. The molecule has 144 valence electrons. The maximum Gasteiger partial charge on any atom is 0.289 e. The van der Waals surface area contributed by atoms with E-state index in [2.05, 4.69) is 0 Å². The highest BCUT2D eigenvalue weighted by atomic mass is 35.5. The van der Waals surface area contributed by atoms with Gasteiger partial charge in [0.15, 0.2) is 12.4 Å². The normalized spacial score (nSPS) is 14.8. The molecule has 2 heterocycles. The third-order valence-electron chi connectivity index (χ3n) is 4.64. The van der Waals surface area contributed by atoms with E-state index >= 15 is 0 Å². The van der Waals surface area contributed by atoms with Gasteiger partial charge in [-0.2, -0.15) is 0 Å². The minimum Gasteiger partial charge on any atom is -0.484 e. The number of ether oxygens (including phenoxy) is 1. The monoisotopic (exact) mass is 390 g/mol. The molecule has 1 saturated heterocycles. The summed E-state index contributed by atoms with van der Waals surface area (Å²) in [6.07, 6.45) is 2.20. The SMILES string of the molecule is Cc1cc(OCC(=O)N2CCCN(C(=O)c3ccco3)CC2)cc(C)c1Cl. The summed E-state index contributed by atoms with van der Waals surface area (Å²) in [4.78, 5) is 28.4. The standard InChI is InChI=1S/C20H23ClN2O4/c1-14-11-16(12-15(2)19(14)21)27-13-18(24)22-6-4-7-23(9-8-22)20(25)17-5-3-10-26-17/h3,5,10-12H,4,6-9,13H2,1-2H3. The summed E-state index contributed by atoms with van der Waals surface area (Å²) in [5.41, 5.74) is 1.84. The Bertz CT molecular complexity index is 796. The molecule has 6 nitrogen and oxygen atoms in total. The Kier molecular flexibility index (Phi) is 6.06. The Morgan fingerprint density at radius 3 is 2.44 bits per heavy atom. The van der Waals surface area contributed by atoms with Crippen molar-refractivity contribution in [2.45, 2.75) is 20.3 Å². The number of carbonyl (C=O) groups excluding carboxylic acids is 2. The van der Waals surface area contributed by atoms with Crippen LogP contribution in [0.4, 0.5) is 0 Å². The summed E-state index contributed by atoms with van der Waals surface area (Å²) in [7, 11) is 0. The number of rotatable bonds is 4. The number of carbonyl (C=O) groups is 2. The average molecular weight is 391 g/mol. The van der Waals surface area contributed by atoms with Crippen molar-refractivity contribution in [2.24, 2.45) is 0 Å². The zero-order valence-corrected chi connectivity index (χ0v) is 16.3. The highest BCUT2D eigenvalue weighted by Crippen LogP contribution is 2.25. The fourth-order valence-corrected chi connectivity index (χ4v) is 3.26. The van der Waals surface area contributed by atoms with Crippen molar-refractivity contribution in [1.82, 2.24) is 9.80 Å². The number of halogens is 1. The van der Waals surface area contributed by atoms with Crippen LogP contribution >= 0.6 is 11.6 Å². The molecule has 7 heteroatoms. The minimum atomic E-state index is -0.141. The van der Waals surface area contributed by atoms with Crippen molar-refractivity contribution < 1.29 is 18.7 Å². The summed E-state index contributed by atoms with van der Waals surface area (Å²) in [5, 5.41) is 0.711. The molecule has 1 aliphatic rings. The number of hydrogen-bond acceptors (Lipinski definition) is 4. The quantitative estimate of drug-likeness (QED) is 0.803. The lowest BCUT2D eigenvalue weighted by molar-refractivity contribution is -0.133. The van der Waals surface area contributed by atoms with Gasteiger partial charge in [-0.3, -0.25) is 9.59 Å². The van der Waals surface area contributed by atoms with E-state index in [-0.39, 0.29) is 18.4 Å². The molecule has 1 aromatic carbocycles. The van der Waals surface area contributed by atoms with Gasteiger partial charge in [0, 0.05) is 31.2 Å². The minimum absolute atomic E-state index is 0.0351. The number of furan rings is 1. The molecular formula is C20H23ClN2O4. The predicted octanol–water partition coefficient (Wildman–Crippen LogP) is 3.30. The van der Waals surface area contributed by atoms with Gasteiger partial charge in [0.2, 0.25) is 0 Å². The third-order valence-corrected chi connectivity index (χ3v) is 5.24. The smallest absolute Gasteiger partial charge is 0.289 e. The molecule has 2 amide bonds. The van der Waals surface area contributed by atoms with Crippen LogP contribution in [0.5, 0.6) is 5.75 Å². The molecule has 1 aromatic heterocycles. The molecule has 3 rings (SSSR count). The first-order valence-corrected chi connectivity index (χ1v) is 9.33. The lowest BCUT2D eigenvalue weighted by atomic mass is 10.1. The van der Waals surface area contributed by atoms with Gasteiger partial charge >= 0.3 is 0 Å². The predicted molar refractivity (Wildman–Crippen MR) is 102 cm³/mol. The van der Waals surface area contributed by atoms with E-state index in [1.807, 2.05) is 26.0 Å². The average Bonchev–Trinajstić information content (AvgIpc) is 3.08. The van der Waals surface area contributed by atoms with Gasteiger partial charge in [-0.05, 0) is 55.7 Å². The van der Waals surface area contributed by atoms with Gasteiger partial charge in [-0.1, -0.05) is 11.6 Å². The van der Waals surface area contributed by atoms with E-state index in [9.17, 15) is 9.59 Å². The second kappa shape index (κ2) is 8.48. The highest BCUT2D eigenvalue weighted by Gasteiger charge is 2.24. The first kappa shape index (κ1) is 19.3. The van der Waals surface area contributed by atoms with Gasteiger partial charge in [0.1, 0.15) is 5.75 Å². The van der Waals surface area contributed by atoms with Crippen LogP contribution in [0, 0.1) is 13.8 Å². The van der Waals surface area contributed by atoms with Crippen LogP contribution in [0.2, 0.25) is 5.02 Å². The van der Waals surface area contributed by atoms with Gasteiger partial charge in [-0.15, -0.1) is 0 Å². The van der Waals surface area contributed by atoms with E-state index in [1.165, 1.54) is 6.26 Å². The van der Waals surface area contributed by atoms with E-state index < -0.39 is 0 Å². The summed E-state index contributed by atoms with van der Waals surface area (Å²) < 4.78 is 10.8. The lowest BCUT2D eigenvalue weighted by Gasteiger charge is -2.22. The summed E-state index contributed by atoms with van der Waals surface area (Å²) in [5.74, 6) is 0.726. The number of benzene rings is 1. The molecular weight excluding hydrogens is 368 g/mol. The Morgan fingerprint density at radius 2 is 1.78 bits per heavy atom. The largest absolute Gasteiger partial charge is 0.484 e. The Hall–Kier alpha value is -2.47. The van der Waals surface area contributed by atoms with E-state index in [0.717, 1.165) is 17.5 Å². The topological polar surface area (TPSA) is 63.0 Å². The van der Waals surface area contributed by atoms with Crippen molar-refractivity contribution in [3.63, 3.8) is 0 Å². The molecule has 0 bridgehead atoms. The van der Waals surface area contributed by atoms with Crippen molar-refractivity contribution in [2.75, 3.05) is 32.8 Å². The lowest BCUT2D eigenvalue weighted by Crippen LogP contribution is -2.39. The van der Waals surface area contributed by atoms with Crippen molar-refractivity contribution in [1.29, 1.82) is 0 Å². The summed E-state index contributed by atoms with van der Waals surface area (Å²) >= 11 is 6.16. The summed E-state index contributed by atoms with van der Waals surface area (Å²) in [6.45, 7) is 5.93. The second-order valence-electron chi connectivity index (χ2n) is 6.66. The highest BCUT2D eigenvalue weighted by molar-refractivity contribution is 6.32. The molecule has 2 aromatic rings. The Morgan fingerprint density at radius 1 is 1.11 bits per heavy atom. The van der Waals surface area contributed by atoms with Crippen molar-refractivity contribution in [3.8, 4) is 5.75 Å². The molecule has 0 aliphatic carbocycles. The van der Waals surface area contributed by atoms with Crippen LogP contribution < -0.4 is 4.74 Å². The molecule has 0 radical (unpaired) electrons. The summed E-state index contributed by atoms with van der Waals surface area (Å²) in [6, 6.07) is 7.00. The van der Waals surface area contributed by atoms with E-state index in [4.69, 9.17) is 20.8 Å². The third kappa shape index (κ3) is 4.63. The Labute approximate surface area is 163 Å². The Balaban J connectivity index is 1.54. The second-order valence-corrected chi connectivity index (χ2v) is 7.04. The van der Waals surface area contributed by atoms with Crippen LogP contribution in [0.15, 0.2) is 34.9 Å². The maximum absolute atomic E-state index is 12.5. The molecule has 0 N–H and O–H groups in total. The van der Waals surface area contributed by atoms with E-state index in [1.54, 1.807) is 21.9 Å². The zero-order valence-electron chi connectivity index (χ0n) is 15.5. The van der Waals surface area contributed by atoms with Crippen LogP contribution in [0.1, 0.15) is 28.1 Å².